The summed E-state index contributed by atoms with van der Waals surface area (Å²) in [4.78, 5) is 11.4. The van der Waals surface area contributed by atoms with Crippen LogP contribution in [0, 0.1) is 6.92 Å². The van der Waals surface area contributed by atoms with Crippen molar-refractivity contribution in [2.24, 2.45) is 0 Å². The van der Waals surface area contributed by atoms with Crippen molar-refractivity contribution in [3.8, 4) is 0 Å². The fourth-order valence-electron chi connectivity index (χ4n) is 0.905. The summed E-state index contributed by atoms with van der Waals surface area (Å²) < 4.78 is 4.79. The van der Waals surface area contributed by atoms with E-state index in [0.29, 0.717) is 12.2 Å². The highest BCUT2D eigenvalue weighted by molar-refractivity contribution is 6.20. The van der Waals surface area contributed by atoms with Crippen LogP contribution in [0.25, 0.3) is 0 Å². The summed E-state index contributed by atoms with van der Waals surface area (Å²) in [5, 5.41) is 6.24. The fraction of sp³-hybridized carbons (Fsp3) is 0.556. The highest BCUT2D eigenvalue weighted by atomic mass is 35.5. The van der Waals surface area contributed by atoms with Crippen molar-refractivity contribution in [1.82, 2.24) is 10.5 Å². The number of hydrogen-bond acceptors (Lipinski definition) is 3. The number of carbonyl (C=O) groups excluding carboxylic acids is 1. The molecule has 1 aromatic rings. The second-order valence-corrected chi connectivity index (χ2v) is 3.67. The molecule has 0 aliphatic heterocycles. The first-order valence-electron chi connectivity index (χ1n) is 4.49. The van der Waals surface area contributed by atoms with Gasteiger partial charge in [-0.1, -0.05) is 12.1 Å². The molecular formula is C9H13ClN2O2. The first kappa shape index (κ1) is 11.0. The van der Waals surface area contributed by atoms with Crippen LogP contribution in [0.15, 0.2) is 10.6 Å². The van der Waals surface area contributed by atoms with Gasteiger partial charge in [-0.3, -0.25) is 4.79 Å². The third kappa shape index (κ3) is 3.03. The van der Waals surface area contributed by atoms with Gasteiger partial charge in [-0.15, -0.1) is 11.6 Å². The van der Waals surface area contributed by atoms with E-state index in [0.717, 1.165) is 6.42 Å². The van der Waals surface area contributed by atoms with Gasteiger partial charge >= 0.3 is 0 Å². The van der Waals surface area contributed by atoms with Gasteiger partial charge in [0.15, 0.2) is 0 Å². The Morgan fingerprint density at radius 1 is 1.79 bits per heavy atom. The topological polar surface area (TPSA) is 55.1 Å². The van der Waals surface area contributed by atoms with Gasteiger partial charge in [-0.2, -0.15) is 0 Å². The molecule has 1 atom stereocenters. The highest BCUT2D eigenvalue weighted by Crippen LogP contribution is 2.03. The van der Waals surface area contributed by atoms with Crippen molar-refractivity contribution in [1.29, 1.82) is 0 Å². The lowest BCUT2D eigenvalue weighted by molar-refractivity contribution is 0.0916. The molecule has 0 fully saturated rings. The van der Waals surface area contributed by atoms with E-state index in [9.17, 15) is 4.79 Å². The molecule has 0 saturated heterocycles. The van der Waals surface area contributed by atoms with E-state index in [-0.39, 0.29) is 17.0 Å². The van der Waals surface area contributed by atoms with Crippen LogP contribution in [0.2, 0.25) is 0 Å². The predicted octanol–water partition coefficient (Wildman–Crippen LogP) is 1.73. The molecule has 1 rings (SSSR count). The summed E-state index contributed by atoms with van der Waals surface area (Å²) in [7, 11) is 0. The van der Waals surface area contributed by atoms with Gasteiger partial charge in [0.05, 0.1) is 11.1 Å². The minimum atomic E-state index is -0.273. The number of rotatable bonds is 4. The molecule has 78 valence electrons. The number of halogens is 1. The minimum absolute atomic E-state index is 0.0389. The number of aromatic nitrogens is 1. The third-order valence-electron chi connectivity index (χ3n) is 1.78. The van der Waals surface area contributed by atoms with Gasteiger partial charge in [-0.25, -0.2) is 0 Å². The van der Waals surface area contributed by atoms with E-state index in [1.165, 1.54) is 0 Å². The highest BCUT2D eigenvalue weighted by Gasteiger charge is 2.12. The molecule has 0 saturated carbocycles. The lowest BCUT2D eigenvalue weighted by atomic mass is 10.3. The van der Waals surface area contributed by atoms with Gasteiger partial charge in [0.25, 0.3) is 5.91 Å². The lowest BCUT2D eigenvalue weighted by Crippen LogP contribution is -2.29. The molecule has 0 aromatic carbocycles. The summed E-state index contributed by atoms with van der Waals surface area (Å²) in [6.07, 6.45) is 0.817. The van der Waals surface area contributed by atoms with E-state index < -0.39 is 0 Å². The number of nitrogens with one attached hydrogen (secondary N) is 1. The van der Waals surface area contributed by atoms with E-state index in [1.54, 1.807) is 13.0 Å². The molecule has 1 unspecified atom stereocenters. The van der Waals surface area contributed by atoms with Gasteiger partial charge in [0, 0.05) is 12.6 Å². The van der Waals surface area contributed by atoms with Gasteiger partial charge in [-0.05, 0) is 13.3 Å². The number of aryl methyl sites for hydroxylation is 1. The van der Waals surface area contributed by atoms with Crippen LogP contribution in [0.4, 0.5) is 0 Å². The summed E-state index contributed by atoms with van der Waals surface area (Å²) in [6.45, 7) is 4.16. The smallest absolute Gasteiger partial charge is 0.289 e. The van der Waals surface area contributed by atoms with Crippen molar-refractivity contribution in [2.45, 2.75) is 25.6 Å². The van der Waals surface area contributed by atoms with Crippen LogP contribution in [0.1, 0.15) is 29.6 Å². The quantitative estimate of drug-likeness (QED) is 0.780. The minimum Gasteiger partial charge on any atom is -0.351 e. The zero-order valence-electron chi connectivity index (χ0n) is 8.21. The molecule has 14 heavy (non-hydrogen) atoms. The summed E-state index contributed by atoms with van der Waals surface area (Å²) in [5.74, 6) is -0.0489. The first-order valence-corrected chi connectivity index (χ1v) is 4.92. The van der Waals surface area contributed by atoms with Gasteiger partial charge in [0.2, 0.25) is 5.76 Å². The molecule has 0 aliphatic rings. The normalized spacial score (nSPS) is 12.5. The number of nitrogens with zero attached hydrogens (tertiary/aromatic N) is 1. The van der Waals surface area contributed by atoms with Crippen LogP contribution in [-0.4, -0.2) is 23.0 Å². The van der Waals surface area contributed by atoms with Crippen LogP contribution in [0.3, 0.4) is 0 Å². The van der Waals surface area contributed by atoms with Gasteiger partial charge in [0.1, 0.15) is 0 Å². The van der Waals surface area contributed by atoms with Gasteiger partial charge < -0.3 is 9.84 Å². The lowest BCUT2D eigenvalue weighted by Gasteiger charge is -2.06. The average Bonchev–Trinajstić information content (AvgIpc) is 2.60. The van der Waals surface area contributed by atoms with E-state index in [1.807, 2.05) is 6.92 Å². The molecule has 0 aliphatic carbocycles. The molecule has 4 nitrogen and oxygen atoms in total. The van der Waals surface area contributed by atoms with E-state index >= 15 is 0 Å². The predicted molar refractivity (Wildman–Crippen MR) is 53.5 cm³/mol. The Balaban J connectivity index is 2.43. The second-order valence-electron chi connectivity index (χ2n) is 3.05. The van der Waals surface area contributed by atoms with Crippen LogP contribution in [0.5, 0.6) is 0 Å². The molecule has 1 amide bonds. The van der Waals surface area contributed by atoms with Crippen molar-refractivity contribution in [3.05, 3.63) is 17.5 Å². The Hall–Kier alpha value is -1.03. The Labute approximate surface area is 87.6 Å². The van der Waals surface area contributed by atoms with Crippen LogP contribution < -0.4 is 5.32 Å². The van der Waals surface area contributed by atoms with E-state index in [2.05, 4.69) is 10.5 Å². The Morgan fingerprint density at radius 3 is 3.00 bits per heavy atom. The summed E-state index contributed by atoms with van der Waals surface area (Å²) >= 11 is 5.84. The standard InChI is InChI=1S/C9H13ClN2O2/c1-3-7(10)5-11-9(13)8-4-6(2)12-14-8/h4,7H,3,5H2,1-2H3,(H,11,13). The Kier molecular flexibility index (Phi) is 3.95. The molecular weight excluding hydrogens is 204 g/mol. The monoisotopic (exact) mass is 216 g/mol. The number of alkyl halides is 1. The zero-order valence-corrected chi connectivity index (χ0v) is 8.97. The Morgan fingerprint density at radius 2 is 2.50 bits per heavy atom. The van der Waals surface area contributed by atoms with Crippen LogP contribution >= 0.6 is 11.6 Å². The number of carbonyl (C=O) groups is 1. The number of amides is 1. The molecule has 0 radical (unpaired) electrons. The van der Waals surface area contributed by atoms with Crippen molar-refractivity contribution in [2.75, 3.05) is 6.54 Å². The maximum absolute atomic E-state index is 11.4. The molecule has 1 N–H and O–H groups in total. The number of hydrogen-bond donors (Lipinski definition) is 1. The summed E-state index contributed by atoms with van der Waals surface area (Å²) in [6, 6.07) is 1.59. The average molecular weight is 217 g/mol. The zero-order chi connectivity index (χ0) is 10.6. The van der Waals surface area contributed by atoms with E-state index in [4.69, 9.17) is 16.1 Å². The second kappa shape index (κ2) is 5.00. The maximum atomic E-state index is 11.4. The van der Waals surface area contributed by atoms with Crippen molar-refractivity contribution >= 4 is 17.5 Å². The van der Waals surface area contributed by atoms with Crippen LogP contribution in [-0.2, 0) is 0 Å². The third-order valence-corrected chi connectivity index (χ3v) is 2.24. The maximum Gasteiger partial charge on any atom is 0.289 e. The van der Waals surface area contributed by atoms with Crippen molar-refractivity contribution in [3.63, 3.8) is 0 Å². The fourth-order valence-corrected chi connectivity index (χ4v) is 0.983. The van der Waals surface area contributed by atoms with Crippen molar-refractivity contribution < 1.29 is 9.32 Å². The molecule has 0 spiro atoms. The molecule has 5 heteroatoms. The largest absolute Gasteiger partial charge is 0.351 e. The molecule has 1 aromatic heterocycles. The SMILES string of the molecule is CCC(Cl)CNC(=O)c1cc(C)no1. The Bertz CT molecular complexity index is 312. The summed E-state index contributed by atoms with van der Waals surface area (Å²) in [5.41, 5.74) is 0.688. The molecule has 1 heterocycles. The molecule has 0 bridgehead atoms. The first-order chi connectivity index (χ1) is 6.63.